The molecule has 4 rings (SSSR count). The van der Waals surface area contributed by atoms with Gasteiger partial charge in [0.2, 0.25) is 0 Å². The molecular formula is C22H19N3O3. The van der Waals surface area contributed by atoms with Crippen molar-refractivity contribution in [2.24, 2.45) is 0 Å². The highest BCUT2D eigenvalue weighted by molar-refractivity contribution is 6.11. The number of carbonyl (C=O) groups is 2. The Kier molecular flexibility index (Phi) is 4.76. The first-order valence-electron chi connectivity index (χ1n) is 9.05. The van der Waals surface area contributed by atoms with E-state index < -0.39 is 0 Å². The Labute approximate surface area is 162 Å². The van der Waals surface area contributed by atoms with E-state index in [0.717, 1.165) is 11.3 Å². The van der Waals surface area contributed by atoms with E-state index in [1.807, 2.05) is 30.3 Å². The van der Waals surface area contributed by atoms with Crippen molar-refractivity contribution in [3.05, 3.63) is 89.7 Å². The van der Waals surface area contributed by atoms with Crippen LogP contribution in [0.1, 0.15) is 39.4 Å². The molecule has 6 nitrogen and oxygen atoms in total. The van der Waals surface area contributed by atoms with E-state index in [-0.39, 0.29) is 18.0 Å². The summed E-state index contributed by atoms with van der Waals surface area (Å²) in [6, 6.07) is 18.2. The van der Waals surface area contributed by atoms with Crippen molar-refractivity contribution in [3.8, 4) is 0 Å². The molecule has 28 heavy (non-hydrogen) atoms. The quantitative estimate of drug-likeness (QED) is 0.684. The van der Waals surface area contributed by atoms with Gasteiger partial charge in [-0.2, -0.15) is 0 Å². The lowest BCUT2D eigenvalue weighted by molar-refractivity contribution is 0.0526. The van der Waals surface area contributed by atoms with Crippen molar-refractivity contribution in [3.63, 3.8) is 0 Å². The van der Waals surface area contributed by atoms with Gasteiger partial charge in [0.05, 0.1) is 24.1 Å². The molecule has 3 aromatic rings. The number of pyridine rings is 1. The molecule has 1 aromatic heterocycles. The monoisotopic (exact) mass is 373 g/mol. The Bertz CT molecular complexity index is 1000. The first kappa shape index (κ1) is 17.7. The summed E-state index contributed by atoms with van der Waals surface area (Å²) < 4.78 is 5.02. The maximum Gasteiger partial charge on any atom is 0.338 e. The second-order valence-electron chi connectivity index (χ2n) is 6.32. The molecule has 1 aliphatic heterocycles. The topological polar surface area (TPSA) is 71.5 Å². The molecule has 0 bridgehead atoms. The number of amides is 1. The highest BCUT2D eigenvalue weighted by Gasteiger charge is 2.37. The molecule has 0 radical (unpaired) electrons. The third-order valence-corrected chi connectivity index (χ3v) is 4.59. The molecule has 1 atom stereocenters. The maximum atomic E-state index is 13.0. The number of aromatic nitrogens is 1. The van der Waals surface area contributed by atoms with Gasteiger partial charge in [-0.25, -0.2) is 4.79 Å². The van der Waals surface area contributed by atoms with Crippen LogP contribution in [0.2, 0.25) is 0 Å². The van der Waals surface area contributed by atoms with Gasteiger partial charge in [-0.1, -0.05) is 18.2 Å². The van der Waals surface area contributed by atoms with E-state index in [0.29, 0.717) is 23.4 Å². The molecule has 2 aromatic carbocycles. The average Bonchev–Trinajstić information content (AvgIpc) is 3.01. The van der Waals surface area contributed by atoms with Gasteiger partial charge in [-0.15, -0.1) is 0 Å². The van der Waals surface area contributed by atoms with Crippen molar-refractivity contribution >= 4 is 23.3 Å². The lowest BCUT2D eigenvalue weighted by Gasteiger charge is -2.27. The molecule has 0 aliphatic carbocycles. The summed E-state index contributed by atoms with van der Waals surface area (Å²) in [7, 11) is 0. The molecule has 0 fully saturated rings. The minimum absolute atomic E-state index is 0.0794. The largest absolute Gasteiger partial charge is 0.462 e. The molecule has 0 unspecified atom stereocenters. The van der Waals surface area contributed by atoms with E-state index >= 15 is 0 Å². The number of rotatable bonds is 5. The third kappa shape index (κ3) is 3.20. The summed E-state index contributed by atoms with van der Waals surface area (Å²) in [5, 5.41) is 3.40. The van der Waals surface area contributed by atoms with E-state index in [1.54, 1.807) is 54.5 Å². The highest BCUT2D eigenvalue weighted by Crippen LogP contribution is 2.37. The predicted octanol–water partition coefficient (Wildman–Crippen LogP) is 4.03. The zero-order chi connectivity index (χ0) is 19.5. The third-order valence-electron chi connectivity index (χ3n) is 4.59. The Morgan fingerprint density at radius 1 is 1.11 bits per heavy atom. The Morgan fingerprint density at radius 2 is 1.89 bits per heavy atom. The summed E-state index contributed by atoms with van der Waals surface area (Å²) in [4.78, 5) is 30.7. The van der Waals surface area contributed by atoms with Crippen LogP contribution in [-0.4, -0.2) is 23.5 Å². The summed E-state index contributed by atoms with van der Waals surface area (Å²) >= 11 is 0. The number of esters is 1. The Hall–Kier alpha value is -3.67. The van der Waals surface area contributed by atoms with Crippen LogP contribution in [0.3, 0.4) is 0 Å². The number of hydrogen-bond donors (Lipinski definition) is 1. The fourth-order valence-corrected chi connectivity index (χ4v) is 3.30. The Balaban J connectivity index is 1.66. The van der Waals surface area contributed by atoms with Crippen LogP contribution >= 0.6 is 0 Å². The molecule has 140 valence electrons. The first-order valence-corrected chi connectivity index (χ1v) is 9.05. The summed E-state index contributed by atoms with van der Waals surface area (Å²) in [5.41, 5.74) is 3.54. The molecule has 0 spiro atoms. The van der Waals surface area contributed by atoms with Gasteiger partial charge in [0.15, 0.2) is 0 Å². The van der Waals surface area contributed by atoms with Crippen LogP contribution in [0.25, 0.3) is 0 Å². The van der Waals surface area contributed by atoms with Gasteiger partial charge in [0, 0.05) is 23.0 Å². The van der Waals surface area contributed by atoms with Crippen LogP contribution in [0, 0.1) is 0 Å². The zero-order valence-electron chi connectivity index (χ0n) is 15.3. The molecular weight excluding hydrogens is 354 g/mol. The van der Waals surface area contributed by atoms with Crippen LogP contribution < -0.4 is 10.2 Å². The molecule has 1 aliphatic rings. The minimum atomic E-state index is -0.374. The van der Waals surface area contributed by atoms with E-state index in [9.17, 15) is 9.59 Å². The lowest BCUT2D eigenvalue weighted by Crippen LogP contribution is -2.32. The lowest BCUT2D eigenvalue weighted by atomic mass is 10.1. The van der Waals surface area contributed by atoms with Gasteiger partial charge in [-0.3, -0.25) is 14.7 Å². The number of ether oxygens (including phenoxy) is 1. The van der Waals surface area contributed by atoms with Gasteiger partial charge < -0.3 is 10.1 Å². The van der Waals surface area contributed by atoms with Crippen molar-refractivity contribution in [2.45, 2.75) is 13.1 Å². The number of nitrogens with one attached hydrogen (secondary N) is 1. The number of fused-ring (bicyclic) bond motifs is 1. The van der Waals surface area contributed by atoms with Crippen molar-refractivity contribution in [1.29, 1.82) is 0 Å². The van der Waals surface area contributed by atoms with Crippen molar-refractivity contribution in [2.75, 3.05) is 16.8 Å². The zero-order valence-corrected chi connectivity index (χ0v) is 15.3. The van der Waals surface area contributed by atoms with Crippen LogP contribution in [0.5, 0.6) is 0 Å². The SMILES string of the molecule is CCOC(=O)c1ccc(N[C@H]2c3ccccc3C(=O)N2c2cccnc2)cc1. The molecule has 0 saturated heterocycles. The molecule has 1 amide bonds. The standard InChI is InChI=1S/C22H19N3O3/c1-2-28-22(27)15-9-11-16(12-10-15)24-20-18-7-3-4-8-19(18)21(26)25(20)17-6-5-13-23-14-17/h3-14,20,24H,2H2,1H3/t20-/m1/s1. The fourth-order valence-electron chi connectivity index (χ4n) is 3.30. The number of carbonyl (C=O) groups excluding carboxylic acids is 2. The molecule has 6 heteroatoms. The van der Waals surface area contributed by atoms with Crippen LogP contribution in [0.4, 0.5) is 11.4 Å². The second-order valence-corrected chi connectivity index (χ2v) is 6.32. The van der Waals surface area contributed by atoms with E-state index in [1.165, 1.54) is 0 Å². The molecule has 0 saturated carbocycles. The van der Waals surface area contributed by atoms with E-state index in [2.05, 4.69) is 10.3 Å². The highest BCUT2D eigenvalue weighted by atomic mass is 16.5. The van der Waals surface area contributed by atoms with E-state index in [4.69, 9.17) is 4.74 Å². The van der Waals surface area contributed by atoms with Gasteiger partial charge >= 0.3 is 5.97 Å². The fraction of sp³-hybridized carbons (Fsp3) is 0.136. The average molecular weight is 373 g/mol. The normalized spacial score (nSPS) is 15.2. The van der Waals surface area contributed by atoms with Crippen molar-refractivity contribution in [1.82, 2.24) is 4.98 Å². The van der Waals surface area contributed by atoms with Crippen molar-refractivity contribution < 1.29 is 14.3 Å². The predicted molar refractivity (Wildman–Crippen MR) is 106 cm³/mol. The summed E-state index contributed by atoms with van der Waals surface area (Å²) in [6.45, 7) is 2.11. The first-order chi connectivity index (χ1) is 13.7. The molecule has 1 N–H and O–H groups in total. The second kappa shape index (κ2) is 7.52. The van der Waals surface area contributed by atoms with Crippen LogP contribution in [-0.2, 0) is 4.74 Å². The summed E-state index contributed by atoms with van der Waals surface area (Å²) in [6.07, 6.45) is 2.97. The number of hydrogen-bond acceptors (Lipinski definition) is 5. The van der Waals surface area contributed by atoms with Crippen LogP contribution in [0.15, 0.2) is 73.1 Å². The van der Waals surface area contributed by atoms with Gasteiger partial charge in [0.1, 0.15) is 6.17 Å². The smallest absolute Gasteiger partial charge is 0.338 e. The number of nitrogens with zero attached hydrogens (tertiary/aromatic N) is 2. The van der Waals surface area contributed by atoms with Gasteiger partial charge in [-0.05, 0) is 49.4 Å². The number of anilines is 2. The molecule has 2 heterocycles. The number of benzene rings is 2. The Morgan fingerprint density at radius 3 is 2.61 bits per heavy atom. The summed E-state index contributed by atoms with van der Waals surface area (Å²) in [5.74, 6) is -0.434. The maximum absolute atomic E-state index is 13.0. The van der Waals surface area contributed by atoms with Gasteiger partial charge in [0.25, 0.3) is 5.91 Å². The minimum Gasteiger partial charge on any atom is -0.462 e.